The van der Waals surface area contributed by atoms with Gasteiger partial charge in [0.05, 0.1) is 14.2 Å². The first kappa shape index (κ1) is 23.6. The Morgan fingerprint density at radius 2 is 1.81 bits per heavy atom. The largest absolute Gasteiger partial charge is 0.493 e. The Morgan fingerprint density at radius 1 is 1.09 bits per heavy atom. The number of hydrogen-bond donors (Lipinski definition) is 0. The maximum Gasteiger partial charge on any atom is 0.331 e. The van der Waals surface area contributed by atoms with Crippen LogP contribution in [0.3, 0.4) is 0 Å². The second-order valence-electron chi connectivity index (χ2n) is 8.24. The topological polar surface area (TPSA) is 86.0 Å². The highest BCUT2D eigenvalue weighted by Crippen LogP contribution is 2.28. The zero-order chi connectivity index (χ0) is 23.4. The van der Waals surface area contributed by atoms with E-state index < -0.39 is 11.2 Å². The number of likely N-dealkylation sites (tertiary alicyclic amines) is 1. The molecule has 0 spiro atoms. The van der Waals surface area contributed by atoms with Gasteiger partial charge in [-0.3, -0.25) is 18.7 Å². The van der Waals surface area contributed by atoms with Crippen LogP contribution in [-0.4, -0.2) is 71.8 Å². The van der Waals surface area contributed by atoms with Crippen LogP contribution in [0.4, 0.5) is 0 Å². The Labute approximate surface area is 187 Å². The summed E-state index contributed by atoms with van der Waals surface area (Å²) in [6.45, 7) is 2.00. The number of carbonyl (C=O) groups excluding carboxylic acids is 1. The summed E-state index contributed by atoms with van der Waals surface area (Å²) in [6.07, 6.45) is 2.70. The van der Waals surface area contributed by atoms with Crippen LogP contribution in [0.15, 0.2) is 33.9 Å². The van der Waals surface area contributed by atoms with Gasteiger partial charge in [-0.05, 0) is 44.0 Å². The molecule has 9 heteroatoms. The number of aromatic nitrogens is 2. The van der Waals surface area contributed by atoms with Crippen LogP contribution in [0.2, 0.25) is 0 Å². The number of methoxy groups -OCH3 is 2. The number of rotatable bonds is 7. The number of piperidine rings is 1. The molecule has 0 aliphatic carbocycles. The zero-order valence-corrected chi connectivity index (χ0v) is 19.5. The number of carbonyl (C=O) groups is 1. The van der Waals surface area contributed by atoms with E-state index in [1.165, 1.54) is 24.7 Å². The Kier molecular flexibility index (Phi) is 7.40. The molecule has 174 valence electrons. The highest BCUT2D eigenvalue weighted by Gasteiger charge is 2.28. The lowest BCUT2D eigenvalue weighted by molar-refractivity contribution is 0.0600. The molecule has 1 aliphatic heterocycles. The summed E-state index contributed by atoms with van der Waals surface area (Å²) in [5, 5.41) is 0. The highest BCUT2D eigenvalue weighted by atomic mass is 16.5. The molecule has 2 aromatic rings. The number of ether oxygens (including phenoxy) is 2. The minimum atomic E-state index is -0.499. The summed E-state index contributed by atoms with van der Waals surface area (Å²) in [5.74, 6) is 1.14. The molecule has 0 saturated carbocycles. The maximum absolute atomic E-state index is 13.1. The van der Waals surface area contributed by atoms with Gasteiger partial charge in [-0.25, -0.2) is 4.79 Å². The van der Waals surface area contributed by atoms with Crippen LogP contribution in [0.1, 0.15) is 28.9 Å². The summed E-state index contributed by atoms with van der Waals surface area (Å²) in [5.41, 5.74) is 0.304. The fourth-order valence-corrected chi connectivity index (χ4v) is 4.12. The van der Waals surface area contributed by atoms with Crippen LogP contribution >= 0.6 is 0 Å². The van der Waals surface area contributed by atoms with Gasteiger partial charge < -0.3 is 19.3 Å². The van der Waals surface area contributed by atoms with E-state index in [0.717, 1.165) is 35.9 Å². The lowest BCUT2D eigenvalue weighted by Crippen LogP contribution is -2.50. The van der Waals surface area contributed by atoms with Crippen LogP contribution in [0.25, 0.3) is 0 Å². The standard InChI is InChI=1S/C23H32N4O5/c1-24(12-10-16-8-9-19(31-4)20(13-16)32-5)17-7-6-11-27(15-17)22(29)18-14-21(28)26(3)23(30)25(18)2/h8-9,13-14,17H,6-7,10-12,15H2,1-5H3. The minimum Gasteiger partial charge on any atom is -0.493 e. The van der Waals surface area contributed by atoms with Crippen molar-refractivity contribution in [3.63, 3.8) is 0 Å². The SMILES string of the molecule is COc1ccc(CCN(C)C2CCCN(C(=O)c3cc(=O)n(C)c(=O)n3C)C2)cc1OC. The lowest BCUT2D eigenvalue weighted by Gasteiger charge is -2.38. The smallest absolute Gasteiger partial charge is 0.331 e. The zero-order valence-electron chi connectivity index (χ0n) is 19.5. The molecule has 1 aromatic carbocycles. The first-order valence-electron chi connectivity index (χ1n) is 10.7. The summed E-state index contributed by atoms with van der Waals surface area (Å²) in [6, 6.07) is 7.37. The first-order chi connectivity index (χ1) is 15.3. The van der Waals surface area contributed by atoms with Gasteiger partial charge in [0.1, 0.15) is 5.69 Å². The summed E-state index contributed by atoms with van der Waals surface area (Å²) in [7, 11) is 8.23. The summed E-state index contributed by atoms with van der Waals surface area (Å²) in [4.78, 5) is 41.3. The van der Waals surface area contributed by atoms with E-state index in [1.54, 1.807) is 19.1 Å². The Balaban J connectivity index is 1.66. The molecule has 1 saturated heterocycles. The molecule has 1 aromatic heterocycles. The van der Waals surface area contributed by atoms with Crippen molar-refractivity contribution in [3.05, 3.63) is 56.4 Å². The van der Waals surface area contributed by atoms with Crippen molar-refractivity contribution < 1.29 is 14.3 Å². The summed E-state index contributed by atoms with van der Waals surface area (Å²) >= 11 is 0. The monoisotopic (exact) mass is 444 g/mol. The van der Waals surface area contributed by atoms with Crippen molar-refractivity contribution in [3.8, 4) is 11.5 Å². The van der Waals surface area contributed by atoms with Crippen LogP contribution in [0.5, 0.6) is 11.5 Å². The number of benzene rings is 1. The molecule has 1 unspecified atom stereocenters. The van der Waals surface area contributed by atoms with E-state index in [2.05, 4.69) is 11.9 Å². The minimum absolute atomic E-state index is 0.131. The second kappa shape index (κ2) is 10.0. The van der Waals surface area contributed by atoms with E-state index >= 15 is 0 Å². The van der Waals surface area contributed by atoms with Gasteiger partial charge in [0.25, 0.3) is 11.5 Å². The second-order valence-corrected chi connectivity index (χ2v) is 8.24. The van der Waals surface area contributed by atoms with Gasteiger partial charge >= 0.3 is 5.69 Å². The molecule has 2 heterocycles. The fraction of sp³-hybridized carbons (Fsp3) is 0.522. The van der Waals surface area contributed by atoms with Crippen molar-refractivity contribution in [2.24, 2.45) is 14.1 Å². The van der Waals surface area contributed by atoms with E-state index in [-0.39, 0.29) is 17.6 Å². The van der Waals surface area contributed by atoms with Gasteiger partial charge in [0.2, 0.25) is 0 Å². The Hall–Kier alpha value is -3.07. The van der Waals surface area contributed by atoms with Gasteiger partial charge in [0.15, 0.2) is 11.5 Å². The van der Waals surface area contributed by atoms with Gasteiger partial charge in [-0.15, -0.1) is 0 Å². The molecule has 0 bridgehead atoms. The summed E-state index contributed by atoms with van der Waals surface area (Å²) < 4.78 is 12.9. The number of amides is 1. The molecule has 32 heavy (non-hydrogen) atoms. The van der Waals surface area contributed by atoms with E-state index in [1.807, 2.05) is 18.2 Å². The molecule has 1 atom stereocenters. The molecule has 1 fully saturated rings. The quantitative estimate of drug-likeness (QED) is 0.630. The lowest BCUT2D eigenvalue weighted by atomic mass is 10.0. The molecule has 3 rings (SSSR count). The molecule has 9 nitrogen and oxygen atoms in total. The molecular formula is C23H32N4O5. The average Bonchev–Trinajstić information content (AvgIpc) is 2.82. The van der Waals surface area contributed by atoms with E-state index in [4.69, 9.17) is 9.47 Å². The maximum atomic E-state index is 13.1. The van der Waals surface area contributed by atoms with Gasteiger partial charge in [0, 0.05) is 45.8 Å². The number of nitrogens with zero attached hydrogens (tertiary/aromatic N) is 4. The van der Waals surface area contributed by atoms with Gasteiger partial charge in [-0.2, -0.15) is 0 Å². The number of likely N-dealkylation sites (N-methyl/N-ethyl adjacent to an activating group) is 1. The third kappa shape index (κ3) is 4.88. The number of hydrogen-bond acceptors (Lipinski definition) is 6. The first-order valence-corrected chi connectivity index (χ1v) is 10.7. The van der Waals surface area contributed by atoms with Crippen LogP contribution in [0, 0.1) is 0 Å². The van der Waals surface area contributed by atoms with E-state index in [0.29, 0.717) is 24.6 Å². The molecule has 0 N–H and O–H groups in total. The highest BCUT2D eigenvalue weighted by molar-refractivity contribution is 5.92. The van der Waals surface area contributed by atoms with E-state index in [9.17, 15) is 14.4 Å². The van der Waals surface area contributed by atoms with Crippen molar-refractivity contribution in [2.75, 3.05) is 40.9 Å². The predicted molar refractivity (Wildman–Crippen MR) is 122 cm³/mol. The Morgan fingerprint density at radius 3 is 2.50 bits per heavy atom. The third-order valence-electron chi connectivity index (χ3n) is 6.25. The molecule has 0 radical (unpaired) electrons. The van der Waals surface area contributed by atoms with Crippen molar-refractivity contribution >= 4 is 5.91 Å². The Bertz CT molecular complexity index is 1090. The third-order valence-corrected chi connectivity index (χ3v) is 6.25. The molecule has 1 amide bonds. The fourth-order valence-electron chi connectivity index (χ4n) is 4.12. The van der Waals surface area contributed by atoms with Gasteiger partial charge in [-0.1, -0.05) is 6.07 Å². The van der Waals surface area contributed by atoms with Crippen molar-refractivity contribution in [2.45, 2.75) is 25.3 Å². The predicted octanol–water partition coefficient (Wildman–Crippen LogP) is 0.880. The van der Waals surface area contributed by atoms with Crippen LogP contribution < -0.4 is 20.7 Å². The average molecular weight is 445 g/mol. The van der Waals surface area contributed by atoms with Crippen LogP contribution in [-0.2, 0) is 20.5 Å². The molecular weight excluding hydrogens is 412 g/mol. The molecule has 1 aliphatic rings. The van der Waals surface area contributed by atoms with Crippen molar-refractivity contribution in [1.29, 1.82) is 0 Å². The normalized spacial score (nSPS) is 16.3. The van der Waals surface area contributed by atoms with Crippen molar-refractivity contribution in [1.82, 2.24) is 18.9 Å².